The second kappa shape index (κ2) is 11.7. The van der Waals surface area contributed by atoms with Crippen molar-refractivity contribution >= 4 is 23.4 Å². The van der Waals surface area contributed by atoms with E-state index in [9.17, 15) is 19.5 Å². The van der Waals surface area contributed by atoms with Gasteiger partial charge in [0.15, 0.2) is 0 Å². The molecule has 1 aromatic carbocycles. The Bertz CT molecular complexity index is 1130. The number of carbonyl (C=O) groups is 3. The van der Waals surface area contributed by atoms with Crippen LogP contribution in [-0.2, 0) is 19.1 Å². The number of nitrogens with zero attached hydrogens (tertiary/aromatic N) is 3. The van der Waals surface area contributed by atoms with Gasteiger partial charge in [0.25, 0.3) is 5.91 Å². The van der Waals surface area contributed by atoms with E-state index in [0.29, 0.717) is 43.8 Å². The summed E-state index contributed by atoms with van der Waals surface area (Å²) in [5.41, 5.74) is -1.43. The van der Waals surface area contributed by atoms with Crippen LogP contribution in [0.1, 0.15) is 46.5 Å². The van der Waals surface area contributed by atoms with Gasteiger partial charge in [0.05, 0.1) is 37.2 Å². The Morgan fingerprint density at radius 1 is 1.18 bits per heavy atom. The summed E-state index contributed by atoms with van der Waals surface area (Å²) < 4.78 is 12.1. The van der Waals surface area contributed by atoms with E-state index in [4.69, 9.17) is 9.47 Å². The number of carbonyl (C=O) groups excluding carboxylic acids is 3. The van der Waals surface area contributed by atoms with Crippen LogP contribution in [0.5, 0.6) is 5.75 Å². The summed E-state index contributed by atoms with van der Waals surface area (Å²) in [4.78, 5) is 47.9. The highest BCUT2D eigenvalue weighted by atomic mass is 16.5. The molecule has 9 nitrogen and oxygen atoms in total. The highest BCUT2D eigenvalue weighted by Crippen LogP contribution is 2.64. The molecular weight excluding hydrogens is 510 g/mol. The van der Waals surface area contributed by atoms with E-state index in [1.54, 1.807) is 53.3 Å². The topological polar surface area (TPSA) is 99.6 Å². The van der Waals surface area contributed by atoms with Crippen LogP contribution in [0.4, 0.5) is 5.69 Å². The lowest BCUT2D eigenvalue weighted by molar-refractivity contribution is -0.152. The molecule has 40 heavy (non-hydrogen) atoms. The van der Waals surface area contributed by atoms with Gasteiger partial charge in [0.2, 0.25) is 11.8 Å². The minimum Gasteiger partial charge on any atom is -0.497 e. The van der Waals surface area contributed by atoms with Gasteiger partial charge in [-0.05, 0) is 56.9 Å². The molecule has 1 N–H and O–H groups in total. The number of anilines is 1. The third kappa shape index (κ3) is 4.63. The summed E-state index contributed by atoms with van der Waals surface area (Å²) in [5, 5.41) is 10.3. The largest absolute Gasteiger partial charge is 0.497 e. The van der Waals surface area contributed by atoms with Gasteiger partial charge in [-0.3, -0.25) is 14.4 Å². The van der Waals surface area contributed by atoms with Gasteiger partial charge in [-0.25, -0.2) is 0 Å². The van der Waals surface area contributed by atoms with Gasteiger partial charge in [-0.1, -0.05) is 26.0 Å². The molecule has 3 heterocycles. The van der Waals surface area contributed by atoms with Gasteiger partial charge in [0, 0.05) is 25.3 Å². The number of hydrogen-bond acceptors (Lipinski definition) is 6. The lowest BCUT2D eigenvalue weighted by Gasteiger charge is -2.39. The molecular formula is C31H43N3O6. The van der Waals surface area contributed by atoms with Crippen molar-refractivity contribution in [2.45, 2.75) is 69.7 Å². The fraction of sp³-hybridized carbons (Fsp3) is 0.581. The van der Waals surface area contributed by atoms with Crippen molar-refractivity contribution in [2.24, 2.45) is 11.8 Å². The van der Waals surface area contributed by atoms with E-state index >= 15 is 0 Å². The molecule has 0 aromatic heterocycles. The highest BCUT2D eigenvalue weighted by molar-refractivity contribution is 6.05. The van der Waals surface area contributed by atoms with Gasteiger partial charge in [-0.2, -0.15) is 0 Å². The molecule has 4 rings (SSSR count). The third-order valence-corrected chi connectivity index (χ3v) is 8.91. The predicted octanol–water partition coefficient (Wildman–Crippen LogP) is 3.17. The van der Waals surface area contributed by atoms with Gasteiger partial charge < -0.3 is 29.3 Å². The van der Waals surface area contributed by atoms with Crippen LogP contribution in [0.3, 0.4) is 0 Å². The molecule has 2 unspecified atom stereocenters. The lowest BCUT2D eigenvalue weighted by atomic mass is 9.66. The van der Waals surface area contributed by atoms with Crippen LogP contribution in [0.25, 0.3) is 0 Å². The SMILES string of the molecule is C=CCN(CCC)C(=O)[C@H]1[C@H]2C(=O)N([C@@H](CC)CO)C(C(=O)N(CC=C)c3ccc(OC)cc3)C23CC[C@]1(C)O3. The Kier molecular flexibility index (Phi) is 8.75. The quantitative estimate of drug-likeness (QED) is 0.377. The Balaban J connectivity index is 1.82. The monoisotopic (exact) mass is 553 g/mol. The molecule has 0 radical (unpaired) electrons. The molecule has 1 spiro atoms. The number of aliphatic hydroxyl groups excluding tert-OH is 1. The van der Waals surface area contributed by atoms with Crippen LogP contribution in [0, 0.1) is 11.8 Å². The second-order valence-corrected chi connectivity index (χ2v) is 11.2. The van der Waals surface area contributed by atoms with Crippen molar-refractivity contribution in [3.05, 3.63) is 49.6 Å². The molecule has 3 aliphatic heterocycles. The number of ether oxygens (including phenoxy) is 2. The molecule has 1 aromatic rings. The van der Waals surface area contributed by atoms with E-state index in [-0.39, 0.29) is 30.9 Å². The number of benzene rings is 1. The maximum atomic E-state index is 14.6. The standard InChI is InChI=1S/C31H43N3O6/c1-7-17-32(18-8-2)27(36)24-25-28(37)34(21(10-4)20-35)26(31(25)16-15-30(24,5)40-31)29(38)33(19-9-3)22-11-13-23(39-6)14-12-22/h7,9,11-14,21,24-26,35H,1,3,8,10,15-20H2,2,4-6H3/t21-,24+,25-,26?,30-,31?/m0/s1. The molecule has 3 aliphatic rings. The summed E-state index contributed by atoms with van der Waals surface area (Å²) in [6.07, 6.45) is 5.57. The highest BCUT2D eigenvalue weighted by Gasteiger charge is 2.78. The first-order valence-electron chi connectivity index (χ1n) is 14.3. The van der Waals surface area contributed by atoms with Gasteiger partial charge in [-0.15, -0.1) is 13.2 Å². The fourth-order valence-corrected chi connectivity index (χ4v) is 7.10. The number of hydrogen-bond donors (Lipinski definition) is 1. The Morgan fingerprint density at radius 3 is 2.40 bits per heavy atom. The summed E-state index contributed by atoms with van der Waals surface area (Å²) in [7, 11) is 1.58. The molecule has 2 bridgehead atoms. The minimum atomic E-state index is -1.18. The van der Waals surface area contributed by atoms with E-state index in [0.717, 1.165) is 6.42 Å². The van der Waals surface area contributed by atoms with Crippen molar-refractivity contribution in [3.63, 3.8) is 0 Å². The van der Waals surface area contributed by atoms with Gasteiger partial charge in [0.1, 0.15) is 17.4 Å². The molecule has 3 amide bonds. The molecule has 3 saturated heterocycles. The van der Waals surface area contributed by atoms with Crippen LogP contribution < -0.4 is 9.64 Å². The first-order chi connectivity index (χ1) is 19.2. The maximum Gasteiger partial charge on any atom is 0.253 e. The summed E-state index contributed by atoms with van der Waals surface area (Å²) in [5.74, 6) is -1.66. The van der Waals surface area contributed by atoms with Crippen LogP contribution in [0.2, 0.25) is 0 Å². The summed E-state index contributed by atoms with van der Waals surface area (Å²) in [6, 6.07) is 5.54. The van der Waals surface area contributed by atoms with Gasteiger partial charge >= 0.3 is 0 Å². The van der Waals surface area contributed by atoms with Crippen molar-refractivity contribution in [1.29, 1.82) is 0 Å². The zero-order chi connectivity index (χ0) is 29.2. The molecule has 6 atom stereocenters. The van der Waals surface area contributed by atoms with Crippen molar-refractivity contribution < 1.29 is 29.0 Å². The zero-order valence-electron chi connectivity index (χ0n) is 24.2. The van der Waals surface area contributed by atoms with Crippen LogP contribution in [0.15, 0.2) is 49.6 Å². The second-order valence-electron chi connectivity index (χ2n) is 11.2. The van der Waals surface area contributed by atoms with Crippen molar-refractivity contribution in [2.75, 3.05) is 38.3 Å². The first kappa shape index (κ1) is 29.8. The number of fused-ring (bicyclic) bond motifs is 1. The number of aliphatic hydroxyl groups is 1. The van der Waals surface area contributed by atoms with E-state index in [2.05, 4.69) is 13.2 Å². The van der Waals surface area contributed by atoms with E-state index < -0.39 is 35.1 Å². The smallest absolute Gasteiger partial charge is 0.253 e. The zero-order valence-corrected chi connectivity index (χ0v) is 24.2. The number of likely N-dealkylation sites (tertiary alicyclic amines) is 1. The number of rotatable bonds is 13. The van der Waals surface area contributed by atoms with Crippen LogP contribution in [-0.4, -0.2) is 89.3 Å². The summed E-state index contributed by atoms with van der Waals surface area (Å²) >= 11 is 0. The molecule has 218 valence electrons. The fourth-order valence-electron chi connectivity index (χ4n) is 7.10. The molecule has 0 saturated carbocycles. The van der Waals surface area contributed by atoms with Crippen molar-refractivity contribution in [3.8, 4) is 5.75 Å². The maximum absolute atomic E-state index is 14.6. The lowest BCUT2D eigenvalue weighted by Crippen LogP contribution is -2.59. The molecule has 3 fully saturated rings. The predicted molar refractivity (Wildman–Crippen MR) is 153 cm³/mol. The van der Waals surface area contributed by atoms with E-state index in [1.165, 1.54) is 4.90 Å². The number of amides is 3. The minimum absolute atomic E-state index is 0.146. The van der Waals surface area contributed by atoms with Crippen LogP contribution >= 0.6 is 0 Å². The Labute approximate surface area is 237 Å². The summed E-state index contributed by atoms with van der Waals surface area (Å²) in [6.45, 7) is 14.3. The average Bonchev–Trinajstić information content (AvgIpc) is 3.52. The first-order valence-corrected chi connectivity index (χ1v) is 14.3. The number of methoxy groups -OCH3 is 1. The Morgan fingerprint density at radius 2 is 1.85 bits per heavy atom. The Hall–Kier alpha value is -3.17. The van der Waals surface area contributed by atoms with Crippen molar-refractivity contribution in [1.82, 2.24) is 9.80 Å². The molecule has 0 aliphatic carbocycles. The average molecular weight is 554 g/mol. The third-order valence-electron chi connectivity index (χ3n) is 8.91. The van der Waals surface area contributed by atoms with E-state index in [1.807, 2.05) is 20.8 Å². The normalized spacial score (nSPS) is 29.2. The molecule has 9 heteroatoms.